The zero-order chi connectivity index (χ0) is 21.9. The van der Waals surface area contributed by atoms with Crippen LogP contribution in [-0.4, -0.2) is 31.7 Å². The first kappa shape index (κ1) is 21.8. The molecule has 2 N–H and O–H groups in total. The van der Waals surface area contributed by atoms with Gasteiger partial charge in [0.1, 0.15) is 6.33 Å². The molecule has 0 unspecified atom stereocenters. The van der Waals surface area contributed by atoms with E-state index in [0.717, 1.165) is 27.7 Å². The molecule has 0 aliphatic carbocycles. The summed E-state index contributed by atoms with van der Waals surface area (Å²) in [4.78, 5) is 30.1. The molecular formula is C19H25N5O5S. The first-order valence-electron chi connectivity index (χ1n) is 9.83. The van der Waals surface area contributed by atoms with Crippen LogP contribution in [0.4, 0.5) is 5.69 Å². The van der Waals surface area contributed by atoms with Crippen LogP contribution in [0.1, 0.15) is 39.5 Å². The summed E-state index contributed by atoms with van der Waals surface area (Å²) in [7, 11) is -4.14. The molecule has 0 spiro atoms. The van der Waals surface area contributed by atoms with Gasteiger partial charge in [-0.2, -0.15) is 0 Å². The van der Waals surface area contributed by atoms with Crippen LogP contribution in [0.2, 0.25) is 0 Å². The number of nitrogens with one attached hydrogen (secondary N) is 1. The number of fused-ring (bicyclic) bond motifs is 1. The molecule has 2 aromatic heterocycles. The molecule has 3 aromatic rings. The lowest BCUT2D eigenvalue weighted by molar-refractivity contribution is 0.389. The zero-order valence-electron chi connectivity index (χ0n) is 16.9. The van der Waals surface area contributed by atoms with Crippen LogP contribution in [0.3, 0.4) is 0 Å². The highest BCUT2D eigenvalue weighted by Crippen LogP contribution is 2.20. The fourth-order valence-corrected chi connectivity index (χ4v) is 4.47. The van der Waals surface area contributed by atoms with E-state index in [1.54, 1.807) is 0 Å². The van der Waals surface area contributed by atoms with Crippen molar-refractivity contribution in [1.29, 1.82) is 0 Å². The predicted octanol–water partition coefficient (Wildman–Crippen LogP) is 2.00. The second kappa shape index (κ2) is 8.84. The van der Waals surface area contributed by atoms with E-state index in [9.17, 15) is 18.0 Å². The minimum atomic E-state index is -4.14. The monoisotopic (exact) mass is 435 g/mol. The number of unbranched alkanes of at least 4 members (excludes halogenated alkanes) is 2. The third-order valence-corrected chi connectivity index (χ3v) is 6.56. The van der Waals surface area contributed by atoms with Crippen molar-refractivity contribution in [3.63, 3.8) is 0 Å². The van der Waals surface area contributed by atoms with Gasteiger partial charge in [0.15, 0.2) is 11.2 Å². The Morgan fingerprint density at radius 2 is 1.60 bits per heavy atom. The number of aromatic nitrogens is 4. The fourth-order valence-electron chi connectivity index (χ4n) is 3.19. The highest BCUT2D eigenvalue weighted by atomic mass is 32.2. The Labute approximate surface area is 173 Å². The number of anilines is 1. The molecule has 3 rings (SSSR count). The van der Waals surface area contributed by atoms with Crippen molar-refractivity contribution in [2.75, 3.05) is 5.48 Å². The molecule has 0 saturated heterocycles. The maximum Gasteiger partial charge on any atom is 0.332 e. The summed E-state index contributed by atoms with van der Waals surface area (Å²) in [5.41, 5.74) is 1.01. The fraction of sp³-hybridized carbons (Fsp3) is 0.421. The van der Waals surface area contributed by atoms with Gasteiger partial charge in [0.2, 0.25) is 0 Å². The zero-order valence-corrected chi connectivity index (χ0v) is 17.7. The van der Waals surface area contributed by atoms with Crippen LogP contribution in [0.15, 0.2) is 45.1 Å². The number of rotatable bonds is 9. The van der Waals surface area contributed by atoms with Gasteiger partial charge in [-0.1, -0.05) is 26.7 Å². The highest BCUT2D eigenvalue weighted by Gasteiger charge is 2.25. The summed E-state index contributed by atoms with van der Waals surface area (Å²) in [5, 5.41) is 8.93. The molecule has 0 aliphatic rings. The van der Waals surface area contributed by atoms with Gasteiger partial charge < -0.3 is 0 Å². The first-order valence-corrected chi connectivity index (χ1v) is 11.3. The van der Waals surface area contributed by atoms with E-state index in [-0.39, 0.29) is 22.6 Å². The van der Waals surface area contributed by atoms with E-state index in [1.165, 1.54) is 28.8 Å². The average molecular weight is 436 g/mol. The molecule has 162 valence electrons. The van der Waals surface area contributed by atoms with Gasteiger partial charge in [-0.05, 0) is 37.1 Å². The van der Waals surface area contributed by atoms with Crippen LogP contribution in [0, 0.1) is 0 Å². The molecule has 11 heteroatoms. The third kappa shape index (κ3) is 3.77. The van der Waals surface area contributed by atoms with Gasteiger partial charge >= 0.3 is 5.69 Å². The maximum atomic E-state index is 13.2. The van der Waals surface area contributed by atoms with E-state index < -0.39 is 21.3 Å². The highest BCUT2D eigenvalue weighted by molar-refractivity contribution is 7.90. The van der Waals surface area contributed by atoms with Crippen LogP contribution < -0.4 is 16.7 Å². The van der Waals surface area contributed by atoms with Gasteiger partial charge in [-0.15, -0.1) is 0 Å². The van der Waals surface area contributed by atoms with Crippen LogP contribution in [-0.2, 0) is 23.1 Å². The van der Waals surface area contributed by atoms with Gasteiger partial charge in [-0.25, -0.2) is 22.2 Å². The SMILES string of the molecule is CCCCn1c(=O)c2c(ncn2S(=O)(=O)c2ccc(NO)cc2)n(CCCC)c1=O. The Morgan fingerprint density at radius 1 is 1.00 bits per heavy atom. The lowest BCUT2D eigenvalue weighted by Gasteiger charge is -2.12. The lowest BCUT2D eigenvalue weighted by atomic mass is 10.3. The molecule has 0 saturated carbocycles. The Kier molecular flexibility index (Phi) is 6.42. The normalized spacial score (nSPS) is 11.8. The van der Waals surface area contributed by atoms with E-state index in [0.29, 0.717) is 25.1 Å². The average Bonchev–Trinajstić information content (AvgIpc) is 3.20. The second-order valence-electron chi connectivity index (χ2n) is 6.95. The number of nitrogens with zero attached hydrogens (tertiary/aromatic N) is 4. The van der Waals surface area contributed by atoms with E-state index >= 15 is 0 Å². The maximum absolute atomic E-state index is 13.2. The molecule has 2 heterocycles. The molecule has 0 aliphatic heterocycles. The van der Waals surface area contributed by atoms with Crippen molar-refractivity contribution in [3.05, 3.63) is 51.4 Å². The molecule has 10 nitrogen and oxygen atoms in total. The third-order valence-electron chi connectivity index (χ3n) is 4.89. The Bertz CT molecular complexity index is 1260. The Morgan fingerprint density at radius 3 is 2.17 bits per heavy atom. The molecule has 0 radical (unpaired) electrons. The van der Waals surface area contributed by atoms with Crippen molar-refractivity contribution >= 4 is 26.9 Å². The van der Waals surface area contributed by atoms with Crippen molar-refractivity contribution in [2.45, 2.75) is 57.5 Å². The topological polar surface area (TPSA) is 128 Å². The lowest BCUT2D eigenvalue weighted by Crippen LogP contribution is -2.41. The molecule has 0 fully saturated rings. The van der Waals surface area contributed by atoms with E-state index in [4.69, 9.17) is 5.21 Å². The summed E-state index contributed by atoms with van der Waals surface area (Å²) >= 11 is 0. The Hall–Kier alpha value is -2.92. The standard InChI is InChI=1S/C19H25N5O5S/c1-3-5-11-22-17-16(18(25)23(19(22)26)12-6-4-2)24(13-20-17)30(28,29)15-9-7-14(21-27)8-10-15/h7-10,13,21,27H,3-6,11-12H2,1-2H3. The Balaban J connectivity index is 2.28. The number of hydrogen-bond donors (Lipinski definition) is 2. The van der Waals surface area contributed by atoms with E-state index in [2.05, 4.69) is 4.98 Å². The van der Waals surface area contributed by atoms with Gasteiger partial charge in [0.25, 0.3) is 15.6 Å². The first-order chi connectivity index (χ1) is 14.4. The van der Waals surface area contributed by atoms with Crippen LogP contribution in [0.25, 0.3) is 11.2 Å². The summed E-state index contributed by atoms with van der Waals surface area (Å²) in [6, 6.07) is 5.40. The summed E-state index contributed by atoms with van der Waals surface area (Å²) in [6.45, 7) is 4.46. The molecule has 30 heavy (non-hydrogen) atoms. The van der Waals surface area contributed by atoms with Crippen molar-refractivity contribution in [2.24, 2.45) is 0 Å². The molecule has 0 atom stereocenters. The van der Waals surface area contributed by atoms with Crippen LogP contribution >= 0.6 is 0 Å². The van der Waals surface area contributed by atoms with E-state index in [1.807, 2.05) is 19.3 Å². The largest absolute Gasteiger partial charge is 0.332 e. The molecule has 0 amide bonds. The van der Waals surface area contributed by atoms with Gasteiger partial charge in [-0.3, -0.25) is 24.6 Å². The predicted molar refractivity (Wildman–Crippen MR) is 113 cm³/mol. The summed E-state index contributed by atoms with van der Waals surface area (Å²) in [5.74, 6) is 0. The number of aryl methyl sites for hydroxylation is 1. The van der Waals surface area contributed by atoms with Gasteiger partial charge in [0.05, 0.1) is 10.6 Å². The number of benzene rings is 1. The quantitative estimate of drug-likeness (QED) is 0.492. The number of hydrogen-bond acceptors (Lipinski definition) is 7. The van der Waals surface area contributed by atoms with Crippen molar-refractivity contribution < 1.29 is 13.6 Å². The summed E-state index contributed by atoms with van der Waals surface area (Å²) < 4.78 is 29.7. The molecule has 0 bridgehead atoms. The molecule has 1 aromatic carbocycles. The minimum absolute atomic E-state index is 0.0587. The van der Waals surface area contributed by atoms with Crippen LogP contribution in [0.5, 0.6) is 0 Å². The second-order valence-corrected chi connectivity index (χ2v) is 8.77. The van der Waals surface area contributed by atoms with Crippen molar-refractivity contribution in [3.8, 4) is 0 Å². The summed E-state index contributed by atoms with van der Waals surface area (Å²) in [6.07, 6.45) is 3.97. The number of imidazole rings is 1. The molecular weight excluding hydrogens is 410 g/mol. The van der Waals surface area contributed by atoms with Gasteiger partial charge in [0, 0.05) is 13.1 Å². The smallest absolute Gasteiger partial charge is 0.291 e. The minimum Gasteiger partial charge on any atom is -0.291 e. The van der Waals surface area contributed by atoms with Crippen molar-refractivity contribution in [1.82, 2.24) is 18.1 Å².